The molecule has 0 rings (SSSR count). The Balaban J connectivity index is -0.000000238. The van der Waals surface area contributed by atoms with Crippen molar-refractivity contribution in [2.75, 3.05) is 78.7 Å². The fourth-order valence-corrected chi connectivity index (χ4v) is 2.88. The van der Waals surface area contributed by atoms with E-state index in [1.165, 1.54) is 0 Å². The minimum atomic E-state index is -2.74. The summed E-state index contributed by atoms with van der Waals surface area (Å²) in [5.41, 5.74) is 13.2. The Bertz CT molecular complexity index is 529. The highest BCUT2D eigenvalue weighted by Crippen LogP contribution is 2.15. The van der Waals surface area contributed by atoms with Gasteiger partial charge < -0.3 is 68.9 Å². The molecule has 43 heavy (non-hydrogen) atoms. The first-order valence-corrected chi connectivity index (χ1v) is 15.0. The van der Waals surface area contributed by atoms with Crippen LogP contribution in [0.5, 0.6) is 0 Å². The second kappa shape index (κ2) is 40.0. The number of carbonyl (C=O) groups is 3. The monoisotopic (exact) mass is 630 g/mol. The fourth-order valence-electron chi connectivity index (χ4n) is 2.88. The Morgan fingerprint density at radius 1 is 0.488 bits per heavy atom. The van der Waals surface area contributed by atoms with Crippen molar-refractivity contribution in [3.8, 4) is 0 Å². The lowest BCUT2D eigenvalue weighted by molar-refractivity contribution is -0.170. The first kappa shape index (κ1) is 47.9. The molecule has 0 aliphatic heterocycles. The van der Waals surface area contributed by atoms with Crippen LogP contribution in [0.25, 0.3) is 0 Å². The van der Waals surface area contributed by atoms with Gasteiger partial charge in [-0.15, -0.1) is 0 Å². The molecule has 0 aliphatic rings. The molecule has 0 saturated heterocycles. The van der Waals surface area contributed by atoms with Gasteiger partial charge in [0.1, 0.15) is 0 Å². The van der Waals surface area contributed by atoms with Crippen LogP contribution in [0.3, 0.4) is 0 Å². The number of aliphatic hydroxyl groups is 4. The van der Waals surface area contributed by atoms with Crippen LogP contribution < -0.4 is 33.2 Å². The lowest BCUT2D eigenvalue weighted by Gasteiger charge is -2.18. The highest BCUT2D eigenvalue weighted by atomic mass is 16.4. The van der Waals surface area contributed by atoms with Crippen LogP contribution in [0.1, 0.15) is 70.6 Å². The van der Waals surface area contributed by atoms with Crippen molar-refractivity contribution < 1.29 is 50.1 Å². The summed E-state index contributed by atoms with van der Waals surface area (Å²) in [6.07, 6.45) is 6.95. The molecule has 0 aromatic heterocycles. The van der Waals surface area contributed by atoms with Crippen LogP contribution in [0.2, 0.25) is 0 Å². The summed E-state index contributed by atoms with van der Waals surface area (Å²) in [5.74, 6) is -5.02. The number of hydrogen-bond acceptors (Lipinski definition) is 13. The minimum Gasteiger partial charge on any atom is -0.481 e. The van der Waals surface area contributed by atoms with E-state index in [1.54, 1.807) is 0 Å². The molecule has 0 spiro atoms. The number of carboxylic acids is 3. The molecule has 0 aromatic rings. The largest absolute Gasteiger partial charge is 0.481 e. The zero-order chi connectivity index (χ0) is 33.6. The van der Waals surface area contributed by atoms with E-state index in [4.69, 9.17) is 52.9 Å². The maximum absolute atomic E-state index is 10.3. The first-order valence-electron chi connectivity index (χ1n) is 15.0. The summed E-state index contributed by atoms with van der Waals surface area (Å²) in [6.45, 7) is 9.01. The SMILES string of the molecule is NCCCCNCCCO.NCCCCNCCCO.NCCCCNCCCO.O=C(O)CC(O)(CC(=O)O)C(=O)O. The second-order valence-electron chi connectivity index (χ2n) is 9.45. The van der Waals surface area contributed by atoms with Crippen LogP contribution in [-0.4, -0.2) is 138 Å². The average molecular weight is 631 g/mol. The Morgan fingerprint density at radius 2 is 0.744 bits per heavy atom. The summed E-state index contributed by atoms with van der Waals surface area (Å²) in [7, 11) is 0. The minimum absolute atomic E-state index is 0.282. The Labute approximate surface area is 256 Å². The third-order valence-corrected chi connectivity index (χ3v) is 5.24. The van der Waals surface area contributed by atoms with Crippen LogP contribution in [-0.2, 0) is 14.4 Å². The van der Waals surface area contributed by atoms with E-state index in [2.05, 4.69) is 16.0 Å². The molecule has 0 amide bonds. The van der Waals surface area contributed by atoms with E-state index >= 15 is 0 Å². The highest BCUT2D eigenvalue weighted by molar-refractivity contribution is 5.88. The van der Waals surface area contributed by atoms with Gasteiger partial charge in [0.15, 0.2) is 5.60 Å². The van der Waals surface area contributed by atoms with E-state index in [1.807, 2.05) is 0 Å². The van der Waals surface area contributed by atoms with Crippen LogP contribution in [0.4, 0.5) is 0 Å². The molecule has 0 heterocycles. The summed E-state index contributed by atoms with van der Waals surface area (Å²) in [5, 5.41) is 68.7. The summed E-state index contributed by atoms with van der Waals surface area (Å²) in [4.78, 5) is 30.5. The van der Waals surface area contributed by atoms with Gasteiger partial charge in [-0.05, 0) is 117 Å². The van der Waals surface area contributed by atoms with Gasteiger partial charge in [-0.25, -0.2) is 4.79 Å². The molecule has 0 fully saturated rings. The number of aliphatic carboxylic acids is 3. The number of aliphatic hydroxyl groups excluding tert-OH is 3. The fraction of sp³-hybridized carbons (Fsp3) is 0.889. The number of nitrogens with two attached hydrogens (primary N) is 3. The Kier molecular flexibility index (Phi) is 44.6. The molecule has 0 aromatic carbocycles. The van der Waals surface area contributed by atoms with Crippen molar-refractivity contribution in [1.82, 2.24) is 16.0 Å². The second-order valence-corrected chi connectivity index (χ2v) is 9.45. The normalized spacial score (nSPS) is 10.4. The molecule has 16 N–H and O–H groups in total. The third-order valence-electron chi connectivity index (χ3n) is 5.24. The molecule has 0 bridgehead atoms. The van der Waals surface area contributed by atoms with E-state index in [-0.39, 0.29) is 19.8 Å². The van der Waals surface area contributed by atoms with Gasteiger partial charge in [-0.2, -0.15) is 0 Å². The van der Waals surface area contributed by atoms with Gasteiger partial charge in [0, 0.05) is 19.8 Å². The van der Waals surface area contributed by atoms with E-state index in [0.717, 1.165) is 117 Å². The van der Waals surface area contributed by atoms with Crippen LogP contribution in [0.15, 0.2) is 0 Å². The first-order chi connectivity index (χ1) is 20.5. The van der Waals surface area contributed by atoms with Crippen molar-refractivity contribution in [2.45, 2.75) is 76.2 Å². The molecule has 260 valence electrons. The highest BCUT2D eigenvalue weighted by Gasteiger charge is 2.40. The van der Waals surface area contributed by atoms with Gasteiger partial charge in [-0.1, -0.05) is 0 Å². The maximum Gasteiger partial charge on any atom is 0.336 e. The van der Waals surface area contributed by atoms with Gasteiger partial charge in [0.25, 0.3) is 0 Å². The molecule has 16 nitrogen and oxygen atoms in total. The number of rotatable bonds is 26. The predicted octanol–water partition coefficient (Wildman–Crippen LogP) is -2.16. The molecule has 0 unspecified atom stereocenters. The van der Waals surface area contributed by atoms with Crippen molar-refractivity contribution in [3.05, 3.63) is 0 Å². The van der Waals surface area contributed by atoms with Crippen LogP contribution >= 0.6 is 0 Å². The van der Waals surface area contributed by atoms with Gasteiger partial charge in [0.05, 0.1) is 12.8 Å². The standard InChI is InChI=1S/3C7H18N2O.C6H8O7/c3*8-4-1-2-5-9-6-3-7-10;7-3(8)1-6(13,5(11)12)2-4(9)10/h3*9-10H,1-8H2;13H,1-2H2,(H,7,8)(H,9,10)(H,11,12). The predicted molar refractivity (Wildman–Crippen MR) is 166 cm³/mol. The van der Waals surface area contributed by atoms with Crippen molar-refractivity contribution in [1.29, 1.82) is 0 Å². The van der Waals surface area contributed by atoms with Gasteiger partial charge in [0.2, 0.25) is 0 Å². The molecular formula is C27H62N6O10. The zero-order valence-electron chi connectivity index (χ0n) is 25.9. The summed E-state index contributed by atoms with van der Waals surface area (Å²) >= 11 is 0. The Morgan fingerprint density at radius 3 is 0.930 bits per heavy atom. The van der Waals surface area contributed by atoms with Gasteiger partial charge >= 0.3 is 17.9 Å². The number of hydrogen-bond donors (Lipinski definition) is 13. The van der Waals surface area contributed by atoms with Crippen molar-refractivity contribution in [2.24, 2.45) is 17.2 Å². The van der Waals surface area contributed by atoms with Crippen LogP contribution in [0, 0.1) is 0 Å². The molecule has 0 saturated carbocycles. The van der Waals surface area contributed by atoms with E-state index in [9.17, 15) is 14.4 Å². The molecular weight excluding hydrogens is 568 g/mol. The van der Waals surface area contributed by atoms with Crippen molar-refractivity contribution in [3.63, 3.8) is 0 Å². The maximum atomic E-state index is 10.3. The summed E-state index contributed by atoms with van der Waals surface area (Å²) < 4.78 is 0. The number of unbranched alkanes of at least 4 members (excludes halogenated alkanes) is 3. The zero-order valence-corrected chi connectivity index (χ0v) is 25.9. The molecule has 0 aliphatic carbocycles. The lowest BCUT2D eigenvalue weighted by Crippen LogP contribution is -2.42. The van der Waals surface area contributed by atoms with Gasteiger partial charge in [-0.3, -0.25) is 9.59 Å². The number of carboxylic acid groups (broad SMARTS) is 3. The quantitative estimate of drug-likeness (QED) is 0.0453. The topological polar surface area (TPSA) is 307 Å². The average Bonchev–Trinajstić information content (AvgIpc) is 2.95. The lowest BCUT2D eigenvalue weighted by atomic mass is 9.96. The third kappa shape index (κ3) is 47.2. The smallest absolute Gasteiger partial charge is 0.336 e. The molecule has 0 radical (unpaired) electrons. The molecule has 0 atom stereocenters. The summed E-state index contributed by atoms with van der Waals surface area (Å²) in [6, 6.07) is 0. The Hall–Kier alpha value is -1.99. The number of nitrogens with one attached hydrogen (secondary N) is 3. The molecule has 16 heteroatoms. The van der Waals surface area contributed by atoms with Crippen molar-refractivity contribution >= 4 is 17.9 Å². The van der Waals surface area contributed by atoms with E-state index < -0.39 is 36.4 Å². The van der Waals surface area contributed by atoms with E-state index in [0.29, 0.717) is 0 Å².